The molecule has 0 fully saturated rings. The zero-order chi connectivity index (χ0) is 22.9. The monoisotopic (exact) mass is 451 g/mol. The molecule has 32 heavy (non-hydrogen) atoms. The van der Waals surface area contributed by atoms with Gasteiger partial charge in [0.1, 0.15) is 10.4 Å². The molecule has 0 unspecified atom stereocenters. The second-order valence-electron chi connectivity index (χ2n) is 7.24. The molecule has 1 heterocycles. The van der Waals surface area contributed by atoms with Crippen LogP contribution in [-0.2, 0) is 14.9 Å². The third-order valence-corrected chi connectivity index (χ3v) is 6.05. The average molecular weight is 452 g/mol. The van der Waals surface area contributed by atoms with Crippen LogP contribution in [0.15, 0.2) is 70.0 Å². The number of hydrogen-bond acceptors (Lipinski definition) is 7. The van der Waals surface area contributed by atoms with Gasteiger partial charge in [-0.3, -0.25) is 0 Å². The molecule has 1 aromatic heterocycles. The SMILES string of the molecule is CCOC(=O)c1ccccc1S(=O)(=O)Oc1ccc(C)cc1-c1nc2cc(C)ccc2o1. The fourth-order valence-corrected chi connectivity index (χ4v) is 4.40. The molecule has 0 radical (unpaired) electrons. The maximum Gasteiger partial charge on any atom is 0.340 e. The Bertz CT molecular complexity index is 1420. The Labute approximate surface area is 185 Å². The molecule has 0 bridgehead atoms. The number of hydrogen-bond donors (Lipinski definition) is 0. The number of nitrogens with zero attached hydrogens (tertiary/aromatic N) is 1. The molecule has 0 aliphatic carbocycles. The molecule has 0 spiro atoms. The standard InChI is InChI=1S/C24H21NO6S/c1-4-29-24(26)17-7-5-6-8-22(17)32(27,28)31-20-11-9-15(2)13-18(20)23-25-19-14-16(3)10-12-21(19)30-23/h5-14H,4H2,1-3H3. The normalized spacial score (nSPS) is 11.5. The summed E-state index contributed by atoms with van der Waals surface area (Å²) in [4.78, 5) is 16.5. The van der Waals surface area contributed by atoms with E-state index in [-0.39, 0.29) is 28.7 Å². The molecular weight excluding hydrogens is 430 g/mol. The number of aryl methyl sites for hydroxylation is 2. The van der Waals surface area contributed by atoms with Crippen LogP contribution in [0.2, 0.25) is 0 Å². The summed E-state index contributed by atoms with van der Waals surface area (Å²) in [5.74, 6) is -0.468. The van der Waals surface area contributed by atoms with E-state index in [4.69, 9.17) is 13.3 Å². The van der Waals surface area contributed by atoms with Crippen molar-refractivity contribution in [1.82, 2.24) is 4.98 Å². The van der Waals surface area contributed by atoms with Gasteiger partial charge in [0.2, 0.25) is 5.89 Å². The van der Waals surface area contributed by atoms with Crippen LogP contribution in [0.4, 0.5) is 0 Å². The van der Waals surface area contributed by atoms with Gasteiger partial charge in [0, 0.05) is 0 Å². The fourth-order valence-electron chi connectivity index (χ4n) is 3.26. The Morgan fingerprint density at radius 2 is 1.72 bits per heavy atom. The van der Waals surface area contributed by atoms with Crippen LogP contribution in [-0.4, -0.2) is 26.0 Å². The zero-order valence-electron chi connectivity index (χ0n) is 17.8. The molecule has 0 amide bonds. The topological polar surface area (TPSA) is 95.7 Å². The van der Waals surface area contributed by atoms with Crippen LogP contribution in [0.3, 0.4) is 0 Å². The maximum absolute atomic E-state index is 13.1. The number of ether oxygens (including phenoxy) is 1. The number of esters is 1. The Hall–Kier alpha value is -3.65. The summed E-state index contributed by atoms with van der Waals surface area (Å²) in [6.07, 6.45) is 0. The molecule has 0 aliphatic heterocycles. The molecular formula is C24H21NO6S. The lowest BCUT2D eigenvalue weighted by Crippen LogP contribution is -2.16. The van der Waals surface area contributed by atoms with Crippen LogP contribution in [0.1, 0.15) is 28.4 Å². The number of rotatable bonds is 6. The number of oxazole rings is 1. The summed E-state index contributed by atoms with van der Waals surface area (Å²) in [5.41, 5.74) is 3.42. The Morgan fingerprint density at radius 3 is 2.50 bits per heavy atom. The van der Waals surface area contributed by atoms with Crippen molar-refractivity contribution in [2.24, 2.45) is 0 Å². The van der Waals surface area contributed by atoms with E-state index in [1.807, 2.05) is 32.0 Å². The molecule has 4 rings (SSSR count). The van der Waals surface area contributed by atoms with E-state index in [0.29, 0.717) is 16.7 Å². The van der Waals surface area contributed by atoms with Gasteiger partial charge in [-0.05, 0) is 62.7 Å². The molecule has 0 N–H and O–H groups in total. The second kappa shape index (κ2) is 8.47. The van der Waals surface area contributed by atoms with Gasteiger partial charge in [-0.2, -0.15) is 8.42 Å². The van der Waals surface area contributed by atoms with Gasteiger partial charge < -0.3 is 13.3 Å². The quantitative estimate of drug-likeness (QED) is 0.299. The van der Waals surface area contributed by atoms with Crippen LogP contribution in [0.25, 0.3) is 22.6 Å². The van der Waals surface area contributed by atoms with E-state index < -0.39 is 16.1 Å². The zero-order valence-corrected chi connectivity index (χ0v) is 18.6. The number of fused-ring (bicyclic) bond motifs is 1. The van der Waals surface area contributed by atoms with E-state index in [0.717, 1.165) is 11.1 Å². The van der Waals surface area contributed by atoms with E-state index in [1.54, 1.807) is 25.1 Å². The van der Waals surface area contributed by atoms with Crippen molar-refractivity contribution >= 4 is 27.2 Å². The Balaban J connectivity index is 1.78. The van der Waals surface area contributed by atoms with Crippen LogP contribution in [0, 0.1) is 13.8 Å². The highest BCUT2D eigenvalue weighted by Crippen LogP contribution is 2.35. The van der Waals surface area contributed by atoms with E-state index in [2.05, 4.69) is 4.98 Å². The van der Waals surface area contributed by atoms with Crippen molar-refractivity contribution in [2.75, 3.05) is 6.61 Å². The predicted octanol–water partition coefficient (Wildman–Crippen LogP) is 5.06. The molecule has 0 atom stereocenters. The summed E-state index contributed by atoms with van der Waals surface area (Å²) in [5, 5.41) is 0. The molecule has 0 saturated carbocycles. The molecule has 7 nitrogen and oxygen atoms in total. The molecule has 0 aliphatic rings. The summed E-state index contributed by atoms with van der Waals surface area (Å²) >= 11 is 0. The number of carbonyl (C=O) groups is 1. The minimum absolute atomic E-state index is 0.0394. The first-order valence-corrected chi connectivity index (χ1v) is 11.4. The molecule has 0 saturated heterocycles. The van der Waals surface area contributed by atoms with Gasteiger partial charge in [-0.15, -0.1) is 0 Å². The Morgan fingerprint density at radius 1 is 1.00 bits per heavy atom. The second-order valence-corrected chi connectivity index (χ2v) is 8.76. The van der Waals surface area contributed by atoms with Crippen molar-refractivity contribution in [3.05, 3.63) is 77.4 Å². The molecule has 8 heteroatoms. The van der Waals surface area contributed by atoms with Gasteiger partial charge in [-0.25, -0.2) is 9.78 Å². The van der Waals surface area contributed by atoms with Crippen molar-refractivity contribution < 1.29 is 26.5 Å². The van der Waals surface area contributed by atoms with Gasteiger partial charge in [0.25, 0.3) is 0 Å². The third-order valence-electron chi connectivity index (χ3n) is 4.76. The van der Waals surface area contributed by atoms with Crippen molar-refractivity contribution in [2.45, 2.75) is 25.7 Å². The fraction of sp³-hybridized carbons (Fsp3) is 0.167. The highest BCUT2D eigenvalue weighted by atomic mass is 32.2. The van der Waals surface area contributed by atoms with Crippen LogP contribution < -0.4 is 4.18 Å². The van der Waals surface area contributed by atoms with Gasteiger partial charge in [-0.1, -0.05) is 29.8 Å². The lowest BCUT2D eigenvalue weighted by atomic mass is 10.1. The molecule has 164 valence electrons. The van der Waals surface area contributed by atoms with Gasteiger partial charge >= 0.3 is 16.1 Å². The molecule has 4 aromatic rings. The Kier molecular flexibility index (Phi) is 5.71. The highest BCUT2D eigenvalue weighted by Gasteiger charge is 2.27. The van der Waals surface area contributed by atoms with Gasteiger partial charge in [0.05, 0.1) is 17.7 Å². The maximum atomic E-state index is 13.1. The number of benzene rings is 3. The summed E-state index contributed by atoms with van der Waals surface area (Å²) < 4.78 is 42.6. The predicted molar refractivity (Wildman–Crippen MR) is 119 cm³/mol. The number of aromatic nitrogens is 1. The lowest BCUT2D eigenvalue weighted by molar-refractivity contribution is 0.0521. The van der Waals surface area contributed by atoms with E-state index in [9.17, 15) is 13.2 Å². The van der Waals surface area contributed by atoms with E-state index >= 15 is 0 Å². The summed E-state index contributed by atoms with van der Waals surface area (Å²) in [7, 11) is -4.36. The minimum Gasteiger partial charge on any atom is -0.462 e. The van der Waals surface area contributed by atoms with Gasteiger partial charge in [0.15, 0.2) is 11.3 Å². The lowest BCUT2D eigenvalue weighted by Gasteiger charge is -2.13. The largest absolute Gasteiger partial charge is 0.462 e. The molecule has 3 aromatic carbocycles. The van der Waals surface area contributed by atoms with Crippen molar-refractivity contribution in [1.29, 1.82) is 0 Å². The van der Waals surface area contributed by atoms with Crippen LogP contribution in [0.5, 0.6) is 5.75 Å². The summed E-state index contributed by atoms with van der Waals surface area (Å²) in [6, 6.07) is 16.3. The number of carbonyl (C=O) groups excluding carboxylic acids is 1. The first kappa shape index (κ1) is 21.6. The van der Waals surface area contributed by atoms with E-state index in [1.165, 1.54) is 24.3 Å². The van der Waals surface area contributed by atoms with Crippen molar-refractivity contribution in [3.8, 4) is 17.2 Å². The third kappa shape index (κ3) is 4.22. The first-order chi connectivity index (χ1) is 15.3. The smallest absolute Gasteiger partial charge is 0.340 e. The summed E-state index contributed by atoms with van der Waals surface area (Å²) in [6.45, 7) is 5.58. The van der Waals surface area contributed by atoms with Crippen molar-refractivity contribution in [3.63, 3.8) is 0 Å². The average Bonchev–Trinajstić information content (AvgIpc) is 3.18. The van der Waals surface area contributed by atoms with Crippen LogP contribution >= 0.6 is 0 Å². The first-order valence-electron chi connectivity index (χ1n) is 9.97. The highest BCUT2D eigenvalue weighted by molar-refractivity contribution is 7.87. The minimum atomic E-state index is -4.36.